The van der Waals surface area contributed by atoms with Crippen molar-refractivity contribution < 1.29 is 8.42 Å². The lowest BCUT2D eigenvalue weighted by atomic mass is 10.1. The molecule has 0 bridgehead atoms. The van der Waals surface area contributed by atoms with Crippen molar-refractivity contribution in [3.8, 4) is 0 Å². The highest BCUT2D eigenvalue weighted by atomic mass is 35.5. The Balaban J connectivity index is 3.49. The summed E-state index contributed by atoms with van der Waals surface area (Å²) in [5, 5.41) is 0.354. The van der Waals surface area contributed by atoms with E-state index in [-0.39, 0.29) is 17.1 Å². The molecule has 0 aliphatic carbocycles. The number of aryl methyl sites for hydroxylation is 1. The van der Waals surface area contributed by atoms with Gasteiger partial charge in [0.25, 0.3) is 0 Å². The summed E-state index contributed by atoms with van der Waals surface area (Å²) < 4.78 is 27.1. The molecular weight excluding hydrogens is 296 g/mol. The molecule has 2 N–H and O–H groups in total. The first-order chi connectivity index (χ1) is 9.01. The minimum Gasteiger partial charge on any atom is -0.397 e. The molecule has 0 atom stereocenters. The molecule has 112 valence electrons. The van der Waals surface area contributed by atoms with Gasteiger partial charge in [-0.05, 0) is 45.4 Å². The number of benzene rings is 1. The molecule has 1 aromatic carbocycles. The van der Waals surface area contributed by atoms with Gasteiger partial charge in [0, 0.05) is 12.1 Å². The Kier molecular flexibility index (Phi) is 4.90. The molecule has 0 aliphatic heterocycles. The van der Waals surface area contributed by atoms with Crippen LogP contribution in [0.2, 0.25) is 5.02 Å². The minimum absolute atomic E-state index is 0.177. The Bertz CT molecular complexity index is 619. The third-order valence-electron chi connectivity index (χ3n) is 2.91. The Labute approximate surface area is 126 Å². The van der Waals surface area contributed by atoms with Crippen LogP contribution in [0, 0.1) is 6.92 Å². The topological polar surface area (TPSA) is 63.4 Å². The van der Waals surface area contributed by atoms with Gasteiger partial charge < -0.3 is 5.73 Å². The average molecular weight is 317 g/mol. The molecule has 4 nitrogen and oxygen atoms in total. The molecule has 0 fully saturated rings. The van der Waals surface area contributed by atoms with E-state index in [9.17, 15) is 8.42 Å². The van der Waals surface area contributed by atoms with Gasteiger partial charge in [0.15, 0.2) is 0 Å². The maximum absolute atomic E-state index is 12.8. The molecular formula is C14H21ClN2O2S. The summed E-state index contributed by atoms with van der Waals surface area (Å²) in [7, 11) is -3.67. The van der Waals surface area contributed by atoms with Gasteiger partial charge in [0.1, 0.15) is 0 Å². The largest absolute Gasteiger partial charge is 0.397 e. The number of anilines is 1. The molecule has 0 aromatic heterocycles. The SMILES string of the molecule is C=CCN(C(C)(C)C)S(=O)(=O)c1cc(N)c(Cl)cc1C. The molecule has 0 heterocycles. The van der Waals surface area contributed by atoms with E-state index in [4.69, 9.17) is 17.3 Å². The van der Waals surface area contributed by atoms with Crippen molar-refractivity contribution in [3.63, 3.8) is 0 Å². The van der Waals surface area contributed by atoms with E-state index in [2.05, 4.69) is 6.58 Å². The quantitative estimate of drug-likeness (QED) is 0.685. The predicted octanol–water partition coefficient (Wildman–Crippen LogP) is 3.21. The van der Waals surface area contributed by atoms with Crippen molar-refractivity contribution >= 4 is 27.3 Å². The van der Waals surface area contributed by atoms with Crippen molar-refractivity contribution in [3.05, 3.63) is 35.4 Å². The van der Waals surface area contributed by atoms with Gasteiger partial charge in [-0.25, -0.2) is 8.42 Å². The molecule has 0 aliphatic rings. The highest BCUT2D eigenvalue weighted by Gasteiger charge is 2.34. The molecule has 0 unspecified atom stereocenters. The number of rotatable bonds is 4. The van der Waals surface area contributed by atoms with E-state index in [1.807, 2.05) is 20.8 Å². The lowest BCUT2D eigenvalue weighted by Gasteiger charge is -2.34. The van der Waals surface area contributed by atoms with Crippen LogP contribution < -0.4 is 5.73 Å². The van der Waals surface area contributed by atoms with Gasteiger partial charge in [-0.3, -0.25) is 0 Å². The van der Waals surface area contributed by atoms with E-state index >= 15 is 0 Å². The Morgan fingerprint density at radius 2 is 1.95 bits per heavy atom. The first kappa shape index (κ1) is 17.0. The zero-order chi connectivity index (χ0) is 15.7. The zero-order valence-corrected chi connectivity index (χ0v) is 13.8. The lowest BCUT2D eigenvalue weighted by molar-refractivity contribution is 0.270. The van der Waals surface area contributed by atoms with Crippen molar-refractivity contribution in [2.24, 2.45) is 0 Å². The molecule has 0 amide bonds. The standard InChI is InChI=1S/C14H21ClN2O2S/c1-6-7-17(14(3,4)5)20(18,19)13-9-12(16)11(15)8-10(13)2/h6,8-9H,1,7,16H2,2-5H3. The number of halogens is 1. The van der Waals surface area contributed by atoms with Crippen molar-refractivity contribution in [1.29, 1.82) is 0 Å². The van der Waals surface area contributed by atoms with Crippen LogP contribution in [0.5, 0.6) is 0 Å². The van der Waals surface area contributed by atoms with Crippen molar-refractivity contribution in [1.82, 2.24) is 4.31 Å². The highest BCUT2D eigenvalue weighted by Crippen LogP contribution is 2.31. The average Bonchev–Trinajstić information content (AvgIpc) is 2.28. The van der Waals surface area contributed by atoms with E-state index < -0.39 is 15.6 Å². The van der Waals surface area contributed by atoms with Gasteiger partial charge in [0.05, 0.1) is 15.6 Å². The summed E-state index contributed by atoms with van der Waals surface area (Å²) in [6, 6.07) is 2.98. The van der Waals surface area contributed by atoms with Gasteiger partial charge in [-0.15, -0.1) is 6.58 Å². The Hall–Kier alpha value is -1.04. The van der Waals surface area contributed by atoms with Crippen LogP contribution in [0.15, 0.2) is 29.7 Å². The smallest absolute Gasteiger partial charge is 0.244 e. The number of hydrogen-bond acceptors (Lipinski definition) is 3. The van der Waals surface area contributed by atoms with Crippen LogP contribution in [0.1, 0.15) is 26.3 Å². The number of sulfonamides is 1. The molecule has 0 spiro atoms. The first-order valence-electron chi connectivity index (χ1n) is 6.21. The van der Waals surface area contributed by atoms with Gasteiger partial charge in [0.2, 0.25) is 10.0 Å². The van der Waals surface area contributed by atoms with Crippen molar-refractivity contribution in [2.75, 3.05) is 12.3 Å². The fourth-order valence-electron chi connectivity index (χ4n) is 1.91. The normalized spacial score (nSPS) is 12.7. The summed E-state index contributed by atoms with van der Waals surface area (Å²) in [6.45, 7) is 11.1. The summed E-state index contributed by atoms with van der Waals surface area (Å²) >= 11 is 5.92. The van der Waals surface area contributed by atoms with Gasteiger partial charge >= 0.3 is 0 Å². The third-order valence-corrected chi connectivity index (χ3v) is 5.51. The van der Waals surface area contributed by atoms with Crippen LogP contribution in [0.25, 0.3) is 0 Å². The number of nitrogen functional groups attached to an aromatic ring is 1. The third kappa shape index (κ3) is 3.34. The van der Waals surface area contributed by atoms with Gasteiger partial charge in [-0.1, -0.05) is 17.7 Å². The second-order valence-corrected chi connectivity index (χ2v) is 7.87. The van der Waals surface area contributed by atoms with Crippen LogP contribution >= 0.6 is 11.6 Å². The lowest BCUT2D eigenvalue weighted by Crippen LogP contribution is -2.45. The molecule has 0 saturated heterocycles. The second kappa shape index (κ2) is 5.76. The molecule has 1 aromatic rings. The summed E-state index contributed by atoms with van der Waals surface area (Å²) in [5.41, 5.74) is 6.00. The maximum Gasteiger partial charge on any atom is 0.244 e. The zero-order valence-electron chi connectivity index (χ0n) is 12.3. The fraction of sp³-hybridized carbons (Fsp3) is 0.429. The van der Waals surface area contributed by atoms with E-state index in [1.165, 1.54) is 10.4 Å². The second-order valence-electron chi connectivity index (χ2n) is 5.63. The van der Waals surface area contributed by atoms with Crippen LogP contribution in [0.3, 0.4) is 0 Å². The Morgan fingerprint density at radius 1 is 1.40 bits per heavy atom. The minimum atomic E-state index is -3.67. The van der Waals surface area contributed by atoms with E-state index in [1.54, 1.807) is 19.1 Å². The Morgan fingerprint density at radius 3 is 2.40 bits per heavy atom. The maximum atomic E-state index is 12.8. The monoisotopic (exact) mass is 316 g/mol. The number of nitrogens with zero attached hydrogens (tertiary/aromatic N) is 1. The summed E-state index contributed by atoms with van der Waals surface area (Å²) in [4.78, 5) is 0.177. The van der Waals surface area contributed by atoms with Crippen LogP contribution in [-0.4, -0.2) is 24.8 Å². The molecule has 0 radical (unpaired) electrons. The molecule has 6 heteroatoms. The van der Waals surface area contributed by atoms with Crippen molar-refractivity contribution in [2.45, 2.75) is 38.1 Å². The van der Waals surface area contributed by atoms with Crippen LogP contribution in [0.4, 0.5) is 5.69 Å². The first-order valence-corrected chi connectivity index (χ1v) is 8.03. The number of hydrogen-bond donors (Lipinski definition) is 1. The van der Waals surface area contributed by atoms with E-state index in [0.29, 0.717) is 10.6 Å². The molecule has 0 saturated carbocycles. The van der Waals surface area contributed by atoms with Gasteiger partial charge in [-0.2, -0.15) is 4.31 Å². The predicted molar refractivity (Wildman–Crippen MR) is 84.4 cm³/mol. The molecule has 1 rings (SSSR count). The highest BCUT2D eigenvalue weighted by molar-refractivity contribution is 7.89. The number of nitrogens with two attached hydrogens (primary N) is 1. The summed E-state index contributed by atoms with van der Waals surface area (Å²) in [5.74, 6) is 0. The van der Waals surface area contributed by atoms with E-state index in [0.717, 1.165) is 0 Å². The summed E-state index contributed by atoms with van der Waals surface area (Å²) in [6.07, 6.45) is 1.57. The van der Waals surface area contributed by atoms with Crippen LogP contribution in [-0.2, 0) is 10.0 Å². The fourth-order valence-corrected chi connectivity index (χ4v) is 4.14. The molecule has 20 heavy (non-hydrogen) atoms.